The molecule has 1 radical (unpaired) electrons. The third-order valence-corrected chi connectivity index (χ3v) is 11.3. The number of para-hydroxylation sites is 1. The second-order valence-corrected chi connectivity index (χ2v) is 16.1. The van der Waals surface area contributed by atoms with E-state index in [-0.39, 0.29) is 88.1 Å². The minimum atomic E-state index is -1.38. The van der Waals surface area contributed by atoms with Gasteiger partial charge in [-0.3, -0.25) is 0 Å². The Bertz CT molecular complexity index is 3390. The normalized spacial score (nSPS) is 11.9. The topological polar surface area (TPSA) is 193 Å². The molecule has 5 aromatic carbocycles. The van der Waals surface area contributed by atoms with Crippen molar-refractivity contribution in [1.82, 2.24) is 40.1 Å². The van der Waals surface area contributed by atoms with Crippen LogP contribution >= 0.6 is 34.8 Å². The molecule has 2 aliphatic heterocycles. The molecule has 0 fully saturated rings. The summed E-state index contributed by atoms with van der Waals surface area (Å²) in [7, 11) is 0. The molecule has 10 rings (SSSR count). The van der Waals surface area contributed by atoms with Crippen LogP contribution in [-0.2, 0) is 22.5 Å². The molecule has 303 valence electrons. The molecule has 14 nitrogen and oxygen atoms in total. The number of nitrogens with zero attached hydrogens (tertiary/aromatic N) is 9. The first-order valence-electron chi connectivity index (χ1n) is 18.2. The fourth-order valence-corrected chi connectivity index (χ4v) is 8.02. The van der Waals surface area contributed by atoms with Crippen molar-refractivity contribution in [2.45, 2.75) is 26.2 Å². The summed E-state index contributed by atoms with van der Waals surface area (Å²) in [5, 5.41) is 30.6. The van der Waals surface area contributed by atoms with Crippen molar-refractivity contribution < 1.29 is 46.4 Å². The number of benzene rings is 5. The number of carboxylic acid groups (broad SMARTS) is 2. The van der Waals surface area contributed by atoms with Crippen LogP contribution < -0.4 is 19.5 Å². The second-order valence-electron chi connectivity index (χ2n) is 15.0. The van der Waals surface area contributed by atoms with Crippen LogP contribution in [0.3, 0.4) is 0 Å². The summed E-state index contributed by atoms with van der Waals surface area (Å²) in [6.07, 6.45) is 0. The van der Waals surface area contributed by atoms with Gasteiger partial charge in [0.2, 0.25) is 0 Å². The Morgan fingerprint density at radius 3 is 1.85 bits per heavy atom. The van der Waals surface area contributed by atoms with Gasteiger partial charge in [0.05, 0.1) is 44.0 Å². The maximum atomic E-state index is 11.9. The molecule has 0 saturated carbocycles. The van der Waals surface area contributed by atoms with E-state index in [0.717, 1.165) is 34.5 Å². The molecule has 8 bridgehead atoms. The van der Waals surface area contributed by atoms with Gasteiger partial charge in [-0.2, -0.15) is 0 Å². The van der Waals surface area contributed by atoms with Crippen molar-refractivity contribution in [3.8, 4) is 51.3 Å². The molecule has 2 aliphatic rings. The molecular formula is C43H25Cl3CuN9O5+. The Morgan fingerprint density at radius 1 is 0.623 bits per heavy atom. The van der Waals surface area contributed by atoms with Gasteiger partial charge < -0.3 is 39.9 Å². The molecule has 0 unspecified atom stereocenters. The van der Waals surface area contributed by atoms with Gasteiger partial charge in [0.15, 0.2) is 11.6 Å². The molecule has 0 amide bonds. The van der Waals surface area contributed by atoms with Crippen LogP contribution in [0, 0.1) is 0 Å². The second kappa shape index (κ2) is 14.6. The van der Waals surface area contributed by atoms with Crippen LogP contribution in [0.4, 0.5) is 0 Å². The van der Waals surface area contributed by atoms with Gasteiger partial charge in [-0.05, 0) is 52.1 Å². The zero-order valence-electron chi connectivity index (χ0n) is 31.7. The summed E-state index contributed by atoms with van der Waals surface area (Å²) in [4.78, 5) is 54.8. The largest absolute Gasteiger partial charge is 2.00 e. The van der Waals surface area contributed by atoms with E-state index in [2.05, 4.69) is 32.9 Å². The van der Waals surface area contributed by atoms with Gasteiger partial charge in [-0.25, -0.2) is 14.6 Å². The van der Waals surface area contributed by atoms with Gasteiger partial charge in [-0.1, -0.05) is 109 Å². The summed E-state index contributed by atoms with van der Waals surface area (Å²) in [6.45, 7) is 6.41. The number of rotatable bonds is 4. The maximum Gasteiger partial charge on any atom is 2.00 e. The van der Waals surface area contributed by atoms with Crippen LogP contribution in [0.5, 0.6) is 11.5 Å². The van der Waals surface area contributed by atoms with Crippen molar-refractivity contribution in [3.63, 3.8) is 0 Å². The molecule has 0 saturated heterocycles. The first-order valence-corrected chi connectivity index (χ1v) is 19.3. The Kier molecular flexibility index (Phi) is 9.57. The van der Waals surface area contributed by atoms with Gasteiger partial charge in [-0.15, -0.1) is 0 Å². The number of hydrogen-bond acceptors (Lipinski definition) is 9. The molecular weight excluding hydrogens is 892 g/mol. The number of halogens is 3. The fourth-order valence-electron chi connectivity index (χ4n) is 7.17. The van der Waals surface area contributed by atoms with E-state index in [0.29, 0.717) is 45.3 Å². The predicted octanol–water partition coefficient (Wildman–Crippen LogP) is 9.18. The molecule has 0 spiro atoms. The van der Waals surface area contributed by atoms with Crippen molar-refractivity contribution in [2.75, 3.05) is 0 Å². The molecule has 2 N–H and O–H groups in total. The first-order chi connectivity index (χ1) is 28.7. The molecule has 61 heavy (non-hydrogen) atoms. The summed E-state index contributed by atoms with van der Waals surface area (Å²) in [6, 6.07) is 24.3. The van der Waals surface area contributed by atoms with Crippen molar-refractivity contribution in [3.05, 3.63) is 117 Å². The Balaban J connectivity index is 0.00000476. The van der Waals surface area contributed by atoms with Crippen molar-refractivity contribution >= 4 is 90.9 Å². The fraction of sp³-hybridized carbons (Fsp3) is 0.0930. The SMILES string of the molecule is CC(C)(C)c1ccc2c3nc4nc(nc5[n-]c(n[n+]6nc(nc([n-]3)c2c1)-c1ccccc1-6)c1c(Cl)c(Oc2cc(C(=O)O)cc(C(=O)O)c2)c(Cl)c(Cl)c51)-c1ccccc1-4.[Cu+2]. The zero-order valence-corrected chi connectivity index (χ0v) is 34.9. The Morgan fingerprint density at radius 2 is 1.20 bits per heavy atom. The minimum absolute atomic E-state index is 0. The average Bonchev–Trinajstić information content (AvgIpc) is 3.96. The molecule has 5 heterocycles. The van der Waals surface area contributed by atoms with E-state index in [1.54, 1.807) is 0 Å². The van der Waals surface area contributed by atoms with Gasteiger partial charge >= 0.3 is 29.0 Å². The summed E-state index contributed by atoms with van der Waals surface area (Å²) in [5.41, 5.74) is 3.70. The van der Waals surface area contributed by atoms with Gasteiger partial charge in [0.25, 0.3) is 5.69 Å². The number of carboxylic acids is 2. The number of fused-ring (bicyclic) bond motifs is 20. The van der Waals surface area contributed by atoms with Crippen molar-refractivity contribution in [1.29, 1.82) is 0 Å². The number of carbonyl (C=O) groups is 2. The van der Waals surface area contributed by atoms with Crippen LogP contribution in [-0.4, -0.2) is 52.3 Å². The smallest absolute Gasteiger partial charge is 0.478 e. The summed E-state index contributed by atoms with van der Waals surface area (Å²) >= 11 is 21.1. The Hall–Kier alpha value is -6.48. The summed E-state index contributed by atoms with van der Waals surface area (Å²) in [5.74, 6) is -2.21. The van der Waals surface area contributed by atoms with Crippen LogP contribution in [0.15, 0.2) is 84.9 Å². The van der Waals surface area contributed by atoms with Gasteiger partial charge in [0.1, 0.15) is 10.8 Å². The van der Waals surface area contributed by atoms with E-state index in [1.807, 2.05) is 54.6 Å². The van der Waals surface area contributed by atoms with Crippen LogP contribution in [0.2, 0.25) is 15.1 Å². The third kappa shape index (κ3) is 6.62. The standard InChI is InChI=1S/C43H26Cl3N9O5.Cu/c1-43(2,3)20-12-13-24-26(17-20)37-49-36(24)48-34-22-8-4-5-9-23(22)35(47-34)51-39-28-29(40(52-39)54-55-27-11-7-6-10-25(27)38(50-37)53-55)31(45)33(32(46)30(28)44)60-21-15-18(41(56)57)14-19(16-21)42(58)59;/h4-17H,1-3H3,(H3,47,48,49,50,51,52,53,54,56,57,58,59);/q;+2/p-1. The predicted molar refractivity (Wildman–Crippen MR) is 224 cm³/mol. The molecule has 3 aromatic heterocycles. The minimum Gasteiger partial charge on any atom is -0.478 e. The van der Waals surface area contributed by atoms with E-state index in [9.17, 15) is 19.8 Å². The number of ether oxygens (including phenoxy) is 1. The quantitative estimate of drug-likeness (QED) is 0.0965. The van der Waals surface area contributed by atoms with E-state index in [1.165, 1.54) is 4.80 Å². The van der Waals surface area contributed by atoms with Crippen molar-refractivity contribution in [2.24, 2.45) is 0 Å². The first kappa shape index (κ1) is 40.0. The van der Waals surface area contributed by atoms with E-state index in [4.69, 9.17) is 79.6 Å². The van der Waals surface area contributed by atoms with Crippen LogP contribution in [0.25, 0.3) is 84.0 Å². The molecule has 0 atom stereocenters. The Labute approximate surface area is 369 Å². The van der Waals surface area contributed by atoms with Gasteiger partial charge in [0, 0.05) is 54.8 Å². The van der Waals surface area contributed by atoms with E-state index >= 15 is 0 Å². The third-order valence-electron chi connectivity index (χ3n) is 10.1. The number of aromatic carboxylic acids is 2. The average molecular weight is 918 g/mol. The monoisotopic (exact) mass is 915 g/mol. The number of aromatic nitrogens is 9. The molecule has 8 aromatic rings. The molecule has 18 heteroatoms. The zero-order chi connectivity index (χ0) is 41.8. The van der Waals surface area contributed by atoms with Crippen LogP contribution in [0.1, 0.15) is 47.1 Å². The molecule has 0 aliphatic carbocycles. The summed E-state index contributed by atoms with van der Waals surface area (Å²) < 4.78 is 6.07. The number of hydrogen-bond donors (Lipinski definition) is 2. The maximum absolute atomic E-state index is 11.9. The van der Waals surface area contributed by atoms with E-state index < -0.39 is 11.9 Å².